The molecule has 3 rings (SSSR count). The fraction of sp³-hybridized carbons (Fsp3) is 0.444. The average molecular weight is 368 g/mol. The van der Waals surface area contributed by atoms with Crippen molar-refractivity contribution in [2.24, 2.45) is 0 Å². The molecule has 3 heterocycles. The first-order chi connectivity index (χ1) is 13.1. The summed E-state index contributed by atoms with van der Waals surface area (Å²) in [6.07, 6.45) is 3.93. The van der Waals surface area contributed by atoms with Gasteiger partial charge in [-0.3, -0.25) is 4.68 Å². The highest BCUT2D eigenvalue weighted by atomic mass is 16.3. The molecule has 0 radical (unpaired) electrons. The first-order valence-electron chi connectivity index (χ1n) is 9.01. The summed E-state index contributed by atoms with van der Waals surface area (Å²) >= 11 is 0. The largest absolute Gasteiger partial charge is 0.396 e. The van der Waals surface area contributed by atoms with Gasteiger partial charge in [0.2, 0.25) is 0 Å². The first-order valence-corrected chi connectivity index (χ1v) is 9.01. The maximum Gasteiger partial charge on any atom is 0.268 e. The highest BCUT2D eigenvalue weighted by molar-refractivity contribution is 5.80. The van der Waals surface area contributed by atoms with E-state index in [-0.39, 0.29) is 12.3 Å². The topological polar surface area (TPSA) is 111 Å². The van der Waals surface area contributed by atoms with E-state index >= 15 is 0 Å². The zero-order valence-corrected chi connectivity index (χ0v) is 15.6. The van der Waals surface area contributed by atoms with Gasteiger partial charge in [-0.1, -0.05) is 6.92 Å². The number of aliphatic hydroxyl groups is 1. The van der Waals surface area contributed by atoms with Crippen LogP contribution in [0.2, 0.25) is 0 Å². The van der Waals surface area contributed by atoms with Crippen LogP contribution in [0, 0.1) is 13.5 Å². The lowest BCUT2D eigenvalue weighted by Gasteiger charge is -2.12. The molecule has 3 aromatic heterocycles. The Hall–Kier alpha value is -3.12. The number of aromatic nitrogens is 5. The Bertz CT molecular complexity index is 982. The van der Waals surface area contributed by atoms with Crippen molar-refractivity contribution < 1.29 is 5.11 Å². The lowest BCUT2D eigenvalue weighted by Crippen LogP contribution is -2.13. The lowest BCUT2D eigenvalue weighted by molar-refractivity contribution is 0.276. The quantitative estimate of drug-likeness (QED) is 0.524. The third kappa shape index (κ3) is 3.57. The third-order valence-electron chi connectivity index (χ3n) is 4.54. The maximum absolute atomic E-state index is 8.99. The number of hydrogen-bond acceptors (Lipinski definition) is 6. The SMILES string of the molecule is [C-]#[N+]c1c(NCCc2ccnn2CCCO)nc2c(CC)c(C)nn2c1N. The van der Waals surface area contributed by atoms with Crippen LogP contribution in [0.3, 0.4) is 0 Å². The van der Waals surface area contributed by atoms with Crippen molar-refractivity contribution in [2.45, 2.75) is 39.7 Å². The van der Waals surface area contributed by atoms with E-state index in [2.05, 4.69) is 25.3 Å². The summed E-state index contributed by atoms with van der Waals surface area (Å²) in [4.78, 5) is 8.18. The van der Waals surface area contributed by atoms with E-state index in [1.54, 1.807) is 10.7 Å². The number of aryl methyl sites for hydroxylation is 3. The van der Waals surface area contributed by atoms with Crippen molar-refractivity contribution >= 4 is 23.0 Å². The van der Waals surface area contributed by atoms with Crippen LogP contribution in [-0.4, -0.2) is 42.6 Å². The molecule has 0 aliphatic carbocycles. The third-order valence-corrected chi connectivity index (χ3v) is 4.54. The van der Waals surface area contributed by atoms with Crippen molar-refractivity contribution in [3.05, 3.63) is 40.6 Å². The van der Waals surface area contributed by atoms with Gasteiger partial charge in [0, 0.05) is 43.6 Å². The molecule has 0 bridgehead atoms. The van der Waals surface area contributed by atoms with Crippen molar-refractivity contribution in [3.63, 3.8) is 0 Å². The lowest BCUT2D eigenvalue weighted by atomic mass is 10.2. The van der Waals surface area contributed by atoms with E-state index in [1.807, 2.05) is 24.6 Å². The zero-order valence-electron chi connectivity index (χ0n) is 15.6. The predicted octanol–water partition coefficient (Wildman–Crippen LogP) is 1.97. The van der Waals surface area contributed by atoms with Gasteiger partial charge in [0.15, 0.2) is 5.65 Å². The second-order valence-electron chi connectivity index (χ2n) is 6.26. The number of nitrogens with zero attached hydrogens (tertiary/aromatic N) is 6. The highest BCUT2D eigenvalue weighted by Crippen LogP contribution is 2.32. The summed E-state index contributed by atoms with van der Waals surface area (Å²) in [6, 6.07) is 1.95. The number of anilines is 2. The molecule has 0 saturated carbocycles. The summed E-state index contributed by atoms with van der Waals surface area (Å²) < 4.78 is 3.44. The van der Waals surface area contributed by atoms with Gasteiger partial charge >= 0.3 is 0 Å². The standard InChI is InChI=1S/C18H24N8O/c1-4-14-12(2)24-26-16(19)15(20-3)17(23-18(14)26)21-8-6-13-7-9-22-25(13)10-5-11-27/h7,9,27H,4-6,8,10-11,19H2,1-2H3,(H,21,23). The highest BCUT2D eigenvalue weighted by Gasteiger charge is 2.18. The van der Waals surface area contributed by atoms with Gasteiger partial charge in [0.25, 0.3) is 5.69 Å². The van der Waals surface area contributed by atoms with E-state index < -0.39 is 0 Å². The fourth-order valence-corrected chi connectivity index (χ4v) is 3.16. The fourth-order valence-electron chi connectivity index (χ4n) is 3.16. The number of nitrogens with one attached hydrogen (secondary N) is 1. The monoisotopic (exact) mass is 368 g/mol. The molecular formula is C18H24N8O. The summed E-state index contributed by atoms with van der Waals surface area (Å²) in [5, 5.41) is 20.9. The van der Waals surface area contributed by atoms with Crippen LogP contribution in [0.4, 0.5) is 17.3 Å². The molecular weight excluding hydrogens is 344 g/mol. The molecule has 0 aliphatic heterocycles. The molecule has 9 heteroatoms. The van der Waals surface area contributed by atoms with E-state index in [9.17, 15) is 0 Å². The van der Waals surface area contributed by atoms with Crippen LogP contribution < -0.4 is 11.1 Å². The summed E-state index contributed by atoms with van der Waals surface area (Å²) in [6.45, 7) is 12.9. The van der Waals surface area contributed by atoms with E-state index in [4.69, 9.17) is 17.4 Å². The predicted molar refractivity (Wildman–Crippen MR) is 104 cm³/mol. The minimum Gasteiger partial charge on any atom is -0.396 e. The van der Waals surface area contributed by atoms with Gasteiger partial charge in [-0.05, 0) is 25.8 Å². The van der Waals surface area contributed by atoms with Crippen molar-refractivity contribution in [1.82, 2.24) is 24.4 Å². The van der Waals surface area contributed by atoms with E-state index in [0.717, 1.165) is 23.4 Å². The molecule has 27 heavy (non-hydrogen) atoms. The summed E-state index contributed by atoms with van der Waals surface area (Å²) in [5.74, 6) is 0.777. The van der Waals surface area contributed by atoms with Crippen molar-refractivity contribution in [3.8, 4) is 0 Å². The van der Waals surface area contributed by atoms with E-state index in [1.165, 1.54) is 0 Å². The molecule has 0 aromatic carbocycles. The number of aliphatic hydroxyl groups excluding tert-OH is 1. The van der Waals surface area contributed by atoms with Gasteiger partial charge in [0.05, 0.1) is 12.3 Å². The molecule has 0 unspecified atom stereocenters. The number of hydrogen-bond donors (Lipinski definition) is 3. The van der Waals surface area contributed by atoms with Crippen LogP contribution in [0.15, 0.2) is 12.3 Å². The van der Waals surface area contributed by atoms with Gasteiger partial charge in [-0.25, -0.2) is 14.3 Å². The minimum absolute atomic E-state index is 0.139. The van der Waals surface area contributed by atoms with Crippen molar-refractivity contribution in [1.29, 1.82) is 0 Å². The molecule has 0 aliphatic rings. The van der Waals surface area contributed by atoms with Gasteiger partial charge in [-0.15, -0.1) is 0 Å². The molecule has 0 fully saturated rings. The number of fused-ring (bicyclic) bond motifs is 1. The molecule has 142 valence electrons. The van der Waals surface area contributed by atoms with Gasteiger partial charge < -0.3 is 16.2 Å². The summed E-state index contributed by atoms with van der Waals surface area (Å²) in [7, 11) is 0. The smallest absolute Gasteiger partial charge is 0.268 e. The Morgan fingerprint density at radius 2 is 2.22 bits per heavy atom. The minimum atomic E-state index is 0.139. The van der Waals surface area contributed by atoms with Crippen molar-refractivity contribution in [2.75, 3.05) is 24.2 Å². The molecule has 3 aromatic rings. The van der Waals surface area contributed by atoms with Crippen LogP contribution >= 0.6 is 0 Å². The van der Waals surface area contributed by atoms with Crippen LogP contribution in [-0.2, 0) is 19.4 Å². The second-order valence-corrected chi connectivity index (χ2v) is 6.26. The molecule has 0 amide bonds. The van der Waals surface area contributed by atoms with Crippen LogP contribution in [0.1, 0.15) is 30.3 Å². The molecule has 0 saturated heterocycles. The Labute approximate surface area is 157 Å². The average Bonchev–Trinajstić information content (AvgIpc) is 3.23. The second kappa shape index (κ2) is 8.05. The van der Waals surface area contributed by atoms with Crippen LogP contribution in [0.5, 0.6) is 0 Å². The zero-order chi connectivity index (χ0) is 19.4. The number of nitrogen functional groups attached to an aromatic ring is 1. The Morgan fingerprint density at radius 3 is 2.93 bits per heavy atom. The normalized spacial score (nSPS) is 11.0. The van der Waals surface area contributed by atoms with Gasteiger partial charge in [-0.2, -0.15) is 10.2 Å². The molecule has 9 nitrogen and oxygen atoms in total. The maximum atomic E-state index is 8.99. The molecule has 0 atom stereocenters. The number of nitrogens with two attached hydrogens (primary N) is 1. The Balaban J connectivity index is 1.82. The summed E-state index contributed by atoms with van der Waals surface area (Å²) in [5.41, 5.74) is 10.1. The molecule has 0 spiro atoms. The number of rotatable bonds is 8. The van der Waals surface area contributed by atoms with Gasteiger partial charge in [0.1, 0.15) is 11.6 Å². The van der Waals surface area contributed by atoms with E-state index in [0.29, 0.717) is 43.2 Å². The Morgan fingerprint density at radius 1 is 1.41 bits per heavy atom. The van der Waals surface area contributed by atoms with Crippen LogP contribution in [0.25, 0.3) is 10.5 Å². The Kier molecular flexibility index (Phi) is 5.57. The first kappa shape index (κ1) is 18.7. The molecule has 4 N–H and O–H groups in total.